The van der Waals surface area contributed by atoms with Crippen molar-refractivity contribution in [2.45, 2.75) is 19.5 Å². The molecule has 0 bridgehead atoms. The second-order valence-corrected chi connectivity index (χ2v) is 6.08. The maximum absolute atomic E-state index is 12.6. The number of amides is 1. The summed E-state index contributed by atoms with van der Waals surface area (Å²) in [6, 6.07) is 9.71. The van der Waals surface area contributed by atoms with Crippen molar-refractivity contribution in [3.63, 3.8) is 0 Å². The van der Waals surface area contributed by atoms with E-state index in [1.165, 1.54) is 0 Å². The van der Waals surface area contributed by atoms with Gasteiger partial charge in [-0.2, -0.15) is 0 Å². The van der Waals surface area contributed by atoms with E-state index in [0.29, 0.717) is 17.1 Å². The lowest BCUT2D eigenvalue weighted by Crippen LogP contribution is -2.13. The van der Waals surface area contributed by atoms with Crippen LogP contribution >= 0.6 is 11.6 Å². The quantitative estimate of drug-likeness (QED) is 0.799. The van der Waals surface area contributed by atoms with Crippen LogP contribution in [0, 0.1) is 0 Å². The molecule has 1 unspecified atom stereocenters. The van der Waals surface area contributed by atoms with Crippen molar-refractivity contribution in [3.8, 4) is 0 Å². The van der Waals surface area contributed by atoms with Crippen LogP contribution in [-0.2, 0) is 6.54 Å². The molecule has 0 spiro atoms. The second kappa shape index (κ2) is 4.92. The molecule has 4 rings (SSSR count). The third-order valence-electron chi connectivity index (χ3n) is 4.20. The molecule has 1 fully saturated rings. The lowest BCUT2D eigenvalue weighted by molar-refractivity contribution is 0.0873. The Kier molecular flexibility index (Phi) is 3.01. The smallest absolute Gasteiger partial charge is 0.256 e. The first kappa shape index (κ1) is 13.5. The van der Waals surface area contributed by atoms with Crippen LogP contribution < -0.4 is 0 Å². The van der Waals surface area contributed by atoms with Gasteiger partial charge in [0.25, 0.3) is 5.91 Å². The number of rotatable bonds is 2. The molecule has 2 aliphatic heterocycles. The molecular formula is C17H14ClN3O. The Balaban J connectivity index is 1.55. The van der Waals surface area contributed by atoms with Gasteiger partial charge in [-0.1, -0.05) is 23.7 Å². The average Bonchev–Trinajstić information content (AvgIpc) is 3.25. The number of carbonyl (C=O) groups excluding carboxylic acids is 1. The molecule has 1 amide bonds. The number of carbonyl (C=O) groups is 1. The van der Waals surface area contributed by atoms with Crippen molar-refractivity contribution >= 4 is 23.2 Å². The number of hydrogen-bond acceptors (Lipinski definition) is 3. The van der Waals surface area contributed by atoms with E-state index >= 15 is 0 Å². The summed E-state index contributed by atoms with van der Waals surface area (Å²) >= 11 is 5.90. The maximum Gasteiger partial charge on any atom is 0.256 e. The predicted molar refractivity (Wildman–Crippen MR) is 85.4 cm³/mol. The molecule has 1 aromatic heterocycles. The van der Waals surface area contributed by atoms with Gasteiger partial charge in [0.1, 0.15) is 0 Å². The zero-order chi connectivity index (χ0) is 15.3. The van der Waals surface area contributed by atoms with E-state index in [1.54, 1.807) is 6.20 Å². The summed E-state index contributed by atoms with van der Waals surface area (Å²) < 4.78 is 0. The van der Waals surface area contributed by atoms with Crippen LogP contribution in [0.4, 0.5) is 0 Å². The minimum atomic E-state index is 0.0231. The van der Waals surface area contributed by atoms with Crippen LogP contribution in [0.5, 0.6) is 0 Å². The maximum atomic E-state index is 12.6. The fraction of sp³-hybridized carbons (Fsp3) is 0.235. The molecule has 2 aliphatic rings. The summed E-state index contributed by atoms with van der Waals surface area (Å²) in [6.45, 7) is 3.31. The third kappa shape index (κ3) is 2.20. The fourth-order valence-corrected chi connectivity index (χ4v) is 2.95. The first-order chi connectivity index (χ1) is 10.6. The number of pyridine rings is 1. The highest BCUT2D eigenvalue weighted by molar-refractivity contribution is 6.30. The van der Waals surface area contributed by atoms with Crippen molar-refractivity contribution in [2.24, 2.45) is 4.99 Å². The minimum Gasteiger partial charge on any atom is -0.327 e. The van der Waals surface area contributed by atoms with Crippen LogP contribution in [0.3, 0.4) is 0 Å². The Morgan fingerprint density at radius 3 is 2.86 bits per heavy atom. The molecule has 0 N–H and O–H groups in total. The van der Waals surface area contributed by atoms with E-state index in [0.717, 1.165) is 29.1 Å². The fourth-order valence-electron chi connectivity index (χ4n) is 2.83. The number of halogens is 1. The molecule has 0 saturated carbocycles. The molecule has 110 valence electrons. The number of aromatic nitrogens is 1. The predicted octanol–water partition coefficient (Wildman–Crippen LogP) is 3.25. The molecule has 1 atom stereocenters. The van der Waals surface area contributed by atoms with Crippen molar-refractivity contribution in [3.05, 3.63) is 63.9 Å². The van der Waals surface area contributed by atoms with Crippen molar-refractivity contribution in [2.75, 3.05) is 6.54 Å². The van der Waals surface area contributed by atoms with Gasteiger partial charge in [0, 0.05) is 29.0 Å². The zero-order valence-electron chi connectivity index (χ0n) is 12.1. The summed E-state index contributed by atoms with van der Waals surface area (Å²) in [5.41, 5.74) is 4.65. The van der Waals surface area contributed by atoms with E-state index in [9.17, 15) is 4.79 Å². The molecule has 4 nitrogen and oxygen atoms in total. The second-order valence-electron chi connectivity index (χ2n) is 5.64. The van der Waals surface area contributed by atoms with Gasteiger partial charge in [-0.15, -0.1) is 0 Å². The standard InChI is InChI=1S/C17H14ClN3O/c1-10-14-6-12(7-20-15(14)8-19-10)17(22)21-9-16(21)11-2-4-13(18)5-3-11/h2-7,16H,8-9H2,1H3. The summed E-state index contributed by atoms with van der Waals surface area (Å²) in [5.74, 6) is 0.0231. The van der Waals surface area contributed by atoms with Crippen LogP contribution in [0.25, 0.3) is 0 Å². The Bertz CT molecular complexity index is 798. The number of fused-ring (bicyclic) bond motifs is 1. The first-order valence-electron chi connectivity index (χ1n) is 7.20. The van der Waals surface area contributed by atoms with Crippen LogP contribution in [0.1, 0.15) is 40.1 Å². The largest absolute Gasteiger partial charge is 0.327 e. The Morgan fingerprint density at radius 1 is 1.32 bits per heavy atom. The molecule has 22 heavy (non-hydrogen) atoms. The van der Waals surface area contributed by atoms with Gasteiger partial charge in [-0.3, -0.25) is 14.8 Å². The molecule has 3 heterocycles. The lowest BCUT2D eigenvalue weighted by Gasteiger charge is -2.07. The Hall–Kier alpha value is -2.20. The SMILES string of the molecule is CC1=NCc2ncc(C(=O)N3CC3c3ccc(Cl)cc3)cc21. The molecule has 1 saturated heterocycles. The van der Waals surface area contributed by atoms with E-state index < -0.39 is 0 Å². The minimum absolute atomic E-state index is 0.0231. The lowest BCUT2D eigenvalue weighted by atomic mass is 10.1. The number of benzene rings is 1. The highest BCUT2D eigenvalue weighted by atomic mass is 35.5. The normalized spacial score (nSPS) is 18.9. The summed E-state index contributed by atoms with van der Waals surface area (Å²) in [4.78, 5) is 23.1. The van der Waals surface area contributed by atoms with Gasteiger partial charge >= 0.3 is 0 Å². The van der Waals surface area contributed by atoms with Gasteiger partial charge in [0.2, 0.25) is 0 Å². The van der Waals surface area contributed by atoms with Gasteiger partial charge < -0.3 is 4.90 Å². The third-order valence-corrected chi connectivity index (χ3v) is 4.45. The zero-order valence-corrected chi connectivity index (χ0v) is 12.8. The van der Waals surface area contributed by atoms with Crippen molar-refractivity contribution in [1.82, 2.24) is 9.88 Å². The highest BCUT2D eigenvalue weighted by Crippen LogP contribution is 2.36. The Labute approximate surface area is 133 Å². The van der Waals surface area contributed by atoms with Gasteiger partial charge in [-0.05, 0) is 30.7 Å². The molecule has 0 radical (unpaired) electrons. The molecule has 0 aliphatic carbocycles. The van der Waals surface area contributed by atoms with Crippen molar-refractivity contribution in [1.29, 1.82) is 0 Å². The van der Waals surface area contributed by atoms with Crippen LogP contribution in [0.2, 0.25) is 5.02 Å². The Morgan fingerprint density at radius 2 is 2.09 bits per heavy atom. The van der Waals surface area contributed by atoms with Crippen LogP contribution in [-0.4, -0.2) is 28.0 Å². The van der Waals surface area contributed by atoms with E-state index in [4.69, 9.17) is 11.6 Å². The summed E-state index contributed by atoms with van der Waals surface area (Å²) in [7, 11) is 0. The number of nitrogens with zero attached hydrogens (tertiary/aromatic N) is 3. The average molecular weight is 312 g/mol. The summed E-state index contributed by atoms with van der Waals surface area (Å²) in [5, 5.41) is 0.708. The molecular weight excluding hydrogens is 298 g/mol. The van der Waals surface area contributed by atoms with E-state index in [2.05, 4.69) is 9.98 Å². The van der Waals surface area contributed by atoms with Crippen molar-refractivity contribution < 1.29 is 4.79 Å². The molecule has 2 aromatic rings. The highest BCUT2D eigenvalue weighted by Gasteiger charge is 2.40. The van der Waals surface area contributed by atoms with Crippen LogP contribution in [0.15, 0.2) is 41.5 Å². The van der Waals surface area contributed by atoms with Gasteiger partial charge in [0.05, 0.1) is 23.8 Å². The van der Waals surface area contributed by atoms with E-state index in [1.807, 2.05) is 42.2 Å². The number of hydrogen-bond donors (Lipinski definition) is 0. The topological polar surface area (TPSA) is 45.3 Å². The first-order valence-corrected chi connectivity index (χ1v) is 7.58. The monoisotopic (exact) mass is 311 g/mol. The number of aliphatic imine (C=N–C) groups is 1. The van der Waals surface area contributed by atoms with E-state index in [-0.39, 0.29) is 11.9 Å². The van der Waals surface area contributed by atoms with Gasteiger partial charge in [0.15, 0.2) is 0 Å². The molecule has 1 aromatic carbocycles. The molecule has 5 heteroatoms. The summed E-state index contributed by atoms with van der Waals surface area (Å²) in [6.07, 6.45) is 1.66. The van der Waals surface area contributed by atoms with Gasteiger partial charge in [-0.25, -0.2) is 0 Å².